The molecular weight excluding hydrogens is 314 g/mol. The average molecular weight is 332 g/mol. The van der Waals surface area contributed by atoms with Gasteiger partial charge in [-0.2, -0.15) is 0 Å². The van der Waals surface area contributed by atoms with Crippen LogP contribution in [0.15, 0.2) is 36.5 Å². The van der Waals surface area contributed by atoms with Gasteiger partial charge in [0.25, 0.3) is 0 Å². The quantitative estimate of drug-likeness (QED) is 0.716. The molecule has 1 aliphatic heterocycles. The van der Waals surface area contributed by atoms with E-state index in [-0.39, 0.29) is 5.60 Å². The SMILES string of the molecule is Cc1cc(-c2ccc3c(c2)CC(Br)C(C)(C)O3)ccn1. The first-order chi connectivity index (χ1) is 9.45. The zero-order valence-corrected chi connectivity index (χ0v) is 13.6. The van der Waals surface area contributed by atoms with E-state index in [1.807, 2.05) is 19.2 Å². The summed E-state index contributed by atoms with van der Waals surface area (Å²) in [7, 11) is 0. The van der Waals surface area contributed by atoms with Crippen LogP contribution < -0.4 is 4.74 Å². The molecule has 104 valence electrons. The summed E-state index contributed by atoms with van der Waals surface area (Å²) in [6, 6.07) is 10.6. The van der Waals surface area contributed by atoms with Gasteiger partial charge in [0, 0.05) is 11.9 Å². The molecule has 0 N–H and O–H groups in total. The molecule has 0 spiro atoms. The minimum absolute atomic E-state index is 0.165. The van der Waals surface area contributed by atoms with Crippen LogP contribution in [0.4, 0.5) is 0 Å². The molecule has 0 aliphatic carbocycles. The van der Waals surface area contributed by atoms with Crippen LogP contribution in [0, 0.1) is 6.92 Å². The first-order valence-electron chi connectivity index (χ1n) is 6.85. The second-order valence-corrected chi connectivity index (χ2v) is 6.99. The van der Waals surface area contributed by atoms with E-state index in [1.54, 1.807) is 0 Å². The molecule has 0 amide bonds. The van der Waals surface area contributed by atoms with E-state index in [0.717, 1.165) is 17.9 Å². The van der Waals surface area contributed by atoms with E-state index in [9.17, 15) is 0 Å². The molecule has 20 heavy (non-hydrogen) atoms. The number of aromatic nitrogens is 1. The molecule has 0 saturated carbocycles. The molecule has 3 rings (SSSR count). The fourth-order valence-electron chi connectivity index (χ4n) is 2.53. The summed E-state index contributed by atoms with van der Waals surface area (Å²) in [6.07, 6.45) is 2.84. The molecule has 2 heterocycles. The predicted molar refractivity (Wildman–Crippen MR) is 85.5 cm³/mol. The highest BCUT2D eigenvalue weighted by Crippen LogP contribution is 2.38. The maximum absolute atomic E-state index is 6.09. The fourth-order valence-corrected chi connectivity index (χ4v) is 2.97. The monoisotopic (exact) mass is 331 g/mol. The average Bonchev–Trinajstić information content (AvgIpc) is 2.39. The molecule has 2 nitrogen and oxygen atoms in total. The zero-order chi connectivity index (χ0) is 14.3. The lowest BCUT2D eigenvalue weighted by Crippen LogP contribution is -2.42. The van der Waals surface area contributed by atoms with Crippen molar-refractivity contribution in [1.29, 1.82) is 0 Å². The topological polar surface area (TPSA) is 22.1 Å². The minimum atomic E-state index is -0.165. The van der Waals surface area contributed by atoms with Gasteiger partial charge in [-0.15, -0.1) is 0 Å². The number of aryl methyl sites for hydroxylation is 1. The van der Waals surface area contributed by atoms with Gasteiger partial charge in [-0.25, -0.2) is 0 Å². The number of ether oxygens (including phenoxy) is 1. The third-order valence-corrected chi connectivity index (χ3v) is 5.24. The Kier molecular flexibility index (Phi) is 3.33. The molecular formula is C17H18BrNO. The van der Waals surface area contributed by atoms with Gasteiger partial charge in [0.15, 0.2) is 0 Å². The van der Waals surface area contributed by atoms with Crippen molar-refractivity contribution in [2.24, 2.45) is 0 Å². The highest BCUT2D eigenvalue weighted by molar-refractivity contribution is 9.09. The Morgan fingerprint density at radius 2 is 1.95 bits per heavy atom. The van der Waals surface area contributed by atoms with Crippen LogP contribution in [0.1, 0.15) is 25.1 Å². The Morgan fingerprint density at radius 3 is 2.70 bits per heavy atom. The van der Waals surface area contributed by atoms with Crippen molar-refractivity contribution in [3.8, 4) is 16.9 Å². The van der Waals surface area contributed by atoms with Gasteiger partial charge < -0.3 is 4.74 Å². The molecule has 2 aromatic rings. The molecule has 1 unspecified atom stereocenters. The smallest absolute Gasteiger partial charge is 0.123 e. The number of hydrogen-bond acceptors (Lipinski definition) is 2. The Hall–Kier alpha value is -1.35. The van der Waals surface area contributed by atoms with E-state index in [4.69, 9.17) is 4.74 Å². The number of halogens is 1. The second-order valence-electron chi connectivity index (χ2n) is 5.89. The highest BCUT2D eigenvalue weighted by atomic mass is 79.9. The molecule has 0 saturated heterocycles. The maximum atomic E-state index is 6.09. The summed E-state index contributed by atoms with van der Waals surface area (Å²) < 4.78 is 6.09. The minimum Gasteiger partial charge on any atom is -0.486 e. The molecule has 1 atom stereocenters. The fraction of sp³-hybridized carbons (Fsp3) is 0.353. The van der Waals surface area contributed by atoms with Crippen LogP contribution in [0.25, 0.3) is 11.1 Å². The summed E-state index contributed by atoms with van der Waals surface area (Å²) in [5.74, 6) is 1.00. The number of nitrogens with zero attached hydrogens (tertiary/aromatic N) is 1. The van der Waals surface area contributed by atoms with Crippen molar-refractivity contribution in [3.63, 3.8) is 0 Å². The molecule has 0 bridgehead atoms. The Balaban J connectivity index is 2.01. The largest absolute Gasteiger partial charge is 0.486 e. The van der Waals surface area contributed by atoms with E-state index < -0.39 is 0 Å². The van der Waals surface area contributed by atoms with Crippen molar-refractivity contribution in [3.05, 3.63) is 47.8 Å². The van der Waals surface area contributed by atoms with Crippen LogP contribution in [0.2, 0.25) is 0 Å². The number of pyridine rings is 1. The molecule has 1 aromatic carbocycles. The van der Waals surface area contributed by atoms with Gasteiger partial charge in [0.2, 0.25) is 0 Å². The summed E-state index contributed by atoms with van der Waals surface area (Å²) in [6.45, 7) is 6.26. The summed E-state index contributed by atoms with van der Waals surface area (Å²) in [4.78, 5) is 4.58. The van der Waals surface area contributed by atoms with Gasteiger partial charge in [-0.3, -0.25) is 4.98 Å². The first-order valence-corrected chi connectivity index (χ1v) is 7.76. The lowest BCUT2D eigenvalue weighted by molar-refractivity contribution is 0.0936. The first kappa shape index (κ1) is 13.6. The maximum Gasteiger partial charge on any atom is 0.123 e. The number of benzene rings is 1. The van der Waals surface area contributed by atoms with Crippen molar-refractivity contribution < 1.29 is 4.74 Å². The van der Waals surface area contributed by atoms with Crippen molar-refractivity contribution >= 4 is 15.9 Å². The number of rotatable bonds is 1. The standard InChI is InChI=1S/C17H18BrNO/c1-11-8-13(6-7-19-11)12-4-5-15-14(9-12)10-16(18)17(2,3)20-15/h4-9,16H,10H2,1-3H3. The summed E-state index contributed by atoms with van der Waals surface area (Å²) in [5, 5.41) is 0. The normalized spacial score (nSPS) is 20.1. The van der Waals surface area contributed by atoms with Crippen LogP contribution in [0.3, 0.4) is 0 Å². The van der Waals surface area contributed by atoms with E-state index >= 15 is 0 Å². The summed E-state index contributed by atoms with van der Waals surface area (Å²) in [5.41, 5.74) is 4.56. The van der Waals surface area contributed by atoms with Crippen molar-refractivity contribution in [2.45, 2.75) is 37.6 Å². The van der Waals surface area contributed by atoms with Gasteiger partial charge in [0.1, 0.15) is 11.4 Å². The molecule has 1 aliphatic rings. The van der Waals surface area contributed by atoms with Crippen LogP contribution in [-0.4, -0.2) is 15.4 Å². The van der Waals surface area contributed by atoms with Gasteiger partial charge in [0.05, 0.1) is 4.83 Å². The van der Waals surface area contributed by atoms with Crippen molar-refractivity contribution in [1.82, 2.24) is 4.98 Å². The number of alkyl halides is 1. The third kappa shape index (κ3) is 2.47. The molecule has 3 heteroatoms. The zero-order valence-electron chi connectivity index (χ0n) is 12.0. The van der Waals surface area contributed by atoms with E-state index in [1.165, 1.54) is 16.7 Å². The Labute approximate surface area is 128 Å². The van der Waals surface area contributed by atoms with Crippen molar-refractivity contribution in [2.75, 3.05) is 0 Å². The molecule has 1 aromatic heterocycles. The lowest BCUT2D eigenvalue weighted by atomic mass is 9.92. The van der Waals surface area contributed by atoms with Crippen LogP contribution in [-0.2, 0) is 6.42 Å². The molecule has 0 radical (unpaired) electrons. The predicted octanol–water partition coefficient (Wildman–Crippen LogP) is 4.53. The van der Waals surface area contributed by atoms with Crippen LogP contribution >= 0.6 is 15.9 Å². The highest BCUT2D eigenvalue weighted by Gasteiger charge is 2.35. The van der Waals surface area contributed by atoms with E-state index in [2.05, 4.69) is 59.0 Å². The lowest BCUT2D eigenvalue weighted by Gasteiger charge is -2.37. The van der Waals surface area contributed by atoms with Gasteiger partial charge in [-0.1, -0.05) is 22.0 Å². The second kappa shape index (κ2) is 4.88. The number of hydrogen-bond donors (Lipinski definition) is 0. The van der Waals surface area contributed by atoms with Gasteiger partial charge >= 0.3 is 0 Å². The molecule has 0 fully saturated rings. The summed E-state index contributed by atoms with van der Waals surface area (Å²) >= 11 is 3.74. The Morgan fingerprint density at radius 1 is 1.20 bits per heavy atom. The van der Waals surface area contributed by atoms with Crippen LogP contribution in [0.5, 0.6) is 5.75 Å². The Bertz CT molecular complexity index is 651. The number of fused-ring (bicyclic) bond motifs is 1. The third-order valence-electron chi connectivity index (χ3n) is 3.82. The van der Waals surface area contributed by atoms with E-state index in [0.29, 0.717) is 4.83 Å². The van der Waals surface area contributed by atoms with Gasteiger partial charge in [-0.05, 0) is 68.1 Å².